The Kier molecular flexibility index (Phi) is 6.44. The van der Waals surface area contributed by atoms with Crippen molar-refractivity contribution in [2.24, 2.45) is 0 Å². The van der Waals surface area contributed by atoms with E-state index in [0.29, 0.717) is 5.69 Å². The van der Waals surface area contributed by atoms with Gasteiger partial charge < -0.3 is 10.6 Å². The number of nitrogens with zero attached hydrogens (tertiary/aromatic N) is 2. The van der Waals surface area contributed by atoms with Gasteiger partial charge in [-0.1, -0.05) is 41.7 Å². The van der Waals surface area contributed by atoms with Crippen LogP contribution in [0, 0.1) is 5.82 Å². The van der Waals surface area contributed by atoms with E-state index >= 15 is 0 Å². The summed E-state index contributed by atoms with van der Waals surface area (Å²) in [5, 5.41) is 13.2. The van der Waals surface area contributed by atoms with Crippen molar-refractivity contribution in [1.82, 2.24) is 15.5 Å². The molecule has 0 unspecified atom stereocenters. The summed E-state index contributed by atoms with van der Waals surface area (Å²) in [4.78, 5) is 24.5. The second kappa shape index (κ2) is 9.18. The van der Waals surface area contributed by atoms with E-state index in [1.54, 1.807) is 0 Å². The third kappa shape index (κ3) is 5.43. The van der Waals surface area contributed by atoms with Crippen LogP contribution >= 0.6 is 11.3 Å². The fourth-order valence-corrected chi connectivity index (χ4v) is 3.15. The Morgan fingerprint density at radius 1 is 1.00 bits per heavy atom. The molecule has 0 radical (unpaired) electrons. The minimum absolute atomic E-state index is 0.0481. The summed E-state index contributed by atoms with van der Waals surface area (Å²) in [5.74, 6) is -1.26. The van der Waals surface area contributed by atoms with Gasteiger partial charge in [0.05, 0.1) is 0 Å². The number of anilines is 1. The lowest BCUT2D eigenvalue weighted by molar-refractivity contribution is 0.0936. The van der Waals surface area contributed by atoms with Gasteiger partial charge in [-0.05, 0) is 49.6 Å². The average Bonchev–Trinajstić information content (AvgIpc) is 3.19. The van der Waals surface area contributed by atoms with Gasteiger partial charge in [0.15, 0.2) is 0 Å². The number of aromatic nitrogens is 2. The second-order valence-corrected chi connectivity index (χ2v) is 7.25. The normalized spacial score (nSPS) is 11.6. The maximum atomic E-state index is 12.9. The first-order chi connectivity index (χ1) is 13.5. The van der Waals surface area contributed by atoms with Crippen LogP contribution < -0.4 is 10.6 Å². The van der Waals surface area contributed by atoms with Gasteiger partial charge in [-0.2, -0.15) is 0 Å². The van der Waals surface area contributed by atoms with E-state index in [2.05, 4.69) is 20.8 Å². The van der Waals surface area contributed by atoms with Gasteiger partial charge in [-0.25, -0.2) is 4.39 Å². The van der Waals surface area contributed by atoms with Crippen molar-refractivity contribution in [2.75, 3.05) is 5.32 Å². The van der Waals surface area contributed by atoms with Gasteiger partial charge in [0.1, 0.15) is 5.82 Å². The molecule has 3 rings (SSSR count). The smallest absolute Gasteiger partial charge is 0.286 e. The first kappa shape index (κ1) is 19.6. The van der Waals surface area contributed by atoms with Crippen molar-refractivity contribution in [3.63, 3.8) is 0 Å². The standard InChI is InChI=1S/C20H19FN4O2S/c1-13(7-8-14-5-3-2-4-6-14)22-17(26)19-24-25-20(28-19)18(27)23-16-11-9-15(21)10-12-16/h2-6,9-13H,7-8H2,1H3,(H,22,26)(H,23,27)/t13-/m1/s1. The molecular formula is C20H19FN4O2S. The highest BCUT2D eigenvalue weighted by atomic mass is 32.1. The molecule has 1 aromatic heterocycles. The van der Waals surface area contributed by atoms with E-state index in [-0.39, 0.29) is 22.0 Å². The van der Waals surface area contributed by atoms with Crippen LogP contribution in [-0.2, 0) is 6.42 Å². The lowest BCUT2D eigenvalue weighted by Gasteiger charge is -2.12. The zero-order valence-corrected chi connectivity index (χ0v) is 16.0. The molecule has 28 heavy (non-hydrogen) atoms. The molecule has 1 heterocycles. The molecule has 8 heteroatoms. The zero-order chi connectivity index (χ0) is 19.9. The van der Waals surface area contributed by atoms with Crippen LogP contribution in [0.1, 0.15) is 38.5 Å². The van der Waals surface area contributed by atoms with Crippen molar-refractivity contribution in [1.29, 1.82) is 0 Å². The number of hydrogen-bond donors (Lipinski definition) is 2. The summed E-state index contributed by atoms with van der Waals surface area (Å²) >= 11 is 0.908. The fraction of sp³-hybridized carbons (Fsp3) is 0.200. The summed E-state index contributed by atoms with van der Waals surface area (Å²) in [5.41, 5.74) is 1.64. The molecule has 2 aromatic carbocycles. The van der Waals surface area contributed by atoms with Crippen LogP contribution in [0.5, 0.6) is 0 Å². The number of carbonyl (C=O) groups excluding carboxylic acids is 2. The minimum Gasteiger partial charge on any atom is -0.347 e. The molecule has 6 nitrogen and oxygen atoms in total. The number of benzene rings is 2. The van der Waals surface area contributed by atoms with E-state index in [0.717, 1.165) is 24.2 Å². The number of hydrogen-bond acceptors (Lipinski definition) is 5. The number of rotatable bonds is 7. The Bertz CT molecular complexity index is 944. The molecule has 0 bridgehead atoms. The Labute approximate surface area is 165 Å². The zero-order valence-electron chi connectivity index (χ0n) is 15.2. The number of amides is 2. The van der Waals surface area contributed by atoms with Crippen molar-refractivity contribution in [3.05, 3.63) is 76.0 Å². The average molecular weight is 398 g/mol. The Morgan fingerprint density at radius 3 is 2.32 bits per heavy atom. The third-order valence-electron chi connectivity index (χ3n) is 4.00. The van der Waals surface area contributed by atoms with E-state index in [4.69, 9.17) is 0 Å². The predicted molar refractivity (Wildman–Crippen MR) is 106 cm³/mol. The van der Waals surface area contributed by atoms with Crippen molar-refractivity contribution in [2.45, 2.75) is 25.8 Å². The number of halogens is 1. The Balaban J connectivity index is 1.52. The van der Waals surface area contributed by atoms with Crippen molar-refractivity contribution >= 4 is 28.8 Å². The predicted octanol–water partition coefficient (Wildman–Crippen LogP) is 3.68. The first-order valence-electron chi connectivity index (χ1n) is 8.76. The first-order valence-corrected chi connectivity index (χ1v) is 9.58. The molecule has 1 atom stereocenters. The molecule has 0 saturated carbocycles. The van der Waals surface area contributed by atoms with Gasteiger partial charge in [-0.15, -0.1) is 10.2 Å². The Morgan fingerprint density at radius 2 is 1.64 bits per heavy atom. The number of aryl methyl sites for hydroxylation is 1. The number of nitrogens with one attached hydrogen (secondary N) is 2. The quantitative estimate of drug-likeness (QED) is 0.636. The highest BCUT2D eigenvalue weighted by Gasteiger charge is 2.19. The molecule has 3 aromatic rings. The van der Waals surface area contributed by atoms with Crippen LogP contribution in [0.4, 0.5) is 10.1 Å². The minimum atomic E-state index is -0.500. The molecule has 144 valence electrons. The molecule has 0 spiro atoms. The maximum Gasteiger partial charge on any atom is 0.286 e. The van der Waals surface area contributed by atoms with Gasteiger partial charge in [0, 0.05) is 11.7 Å². The van der Waals surface area contributed by atoms with E-state index in [9.17, 15) is 14.0 Å². The van der Waals surface area contributed by atoms with Crippen LogP contribution in [0.3, 0.4) is 0 Å². The molecule has 0 aliphatic rings. The highest BCUT2D eigenvalue weighted by molar-refractivity contribution is 7.15. The van der Waals surface area contributed by atoms with E-state index < -0.39 is 11.7 Å². The summed E-state index contributed by atoms with van der Waals surface area (Å²) in [6, 6.07) is 15.3. The lowest BCUT2D eigenvalue weighted by Crippen LogP contribution is -2.32. The SMILES string of the molecule is C[C@H](CCc1ccccc1)NC(=O)c1nnc(C(=O)Nc2ccc(F)cc2)s1. The molecule has 0 fully saturated rings. The summed E-state index contributed by atoms with van der Waals surface area (Å²) in [6.07, 6.45) is 1.64. The van der Waals surface area contributed by atoms with Gasteiger partial charge in [-0.3, -0.25) is 9.59 Å². The Hall–Kier alpha value is -3.13. The van der Waals surface area contributed by atoms with Gasteiger partial charge in [0.2, 0.25) is 10.0 Å². The molecule has 0 aliphatic carbocycles. The maximum absolute atomic E-state index is 12.9. The summed E-state index contributed by atoms with van der Waals surface area (Å²) in [6.45, 7) is 1.92. The fourth-order valence-electron chi connectivity index (χ4n) is 2.51. The summed E-state index contributed by atoms with van der Waals surface area (Å²) in [7, 11) is 0. The monoisotopic (exact) mass is 398 g/mol. The highest BCUT2D eigenvalue weighted by Crippen LogP contribution is 2.14. The molecular weight excluding hydrogens is 379 g/mol. The van der Waals surface area contributed by atoms with E-state index in [1.807, 2.05) is 37.3 Å². The van der Waals surface area contributed by atoms with Crippen molar-refractivity contribution in [3.8, 4) is 0 Å². The molecule has 2 amide bonds. The van der Waals surface area contributed by atoms with Crippen LogP contribution in [0.25, 0.3) is 0 Å². The van der Waals surface area contributed by atoms with Crippen LogP contribution in [-0.4, -0.2) is 28.1 Å². The summed E-state index contributed by atoms with van der Waals surface area (Å²) < 4.78 is 12.9. The van der Waals surface area contributed by atoms with Gasteiger partial charge >= 0.3 is 0 Å². The second-order valence-electron chi connectivity index (χ2n) is 6.27. The van der Waals surface area contributed by atoms with Crippen LogP contribution in [0.2, 0.25) is 0 Å². The van der Waals surface area contributed by atoms with Gasteiger partial charge in [0.25, 0.3) is 11.8 Å². The van der Waals surface area contributed by atoms with Crippen LogP contribution in [0.15, 0.2) is 54.6 Å². The molecule has 0 saturated heterocycles. The topological polar surface area (TPSA) is 84.0 Å². The number of carbonyl (C=O) groups is 2. The molecule has 0 aliphatic heterocycles. The van der Waals surface area contributed by atoms with Crippen molar-refractivity contribution < 1.29 is 14.0 Å². The largest absolute Gasteiger partial charge is 0.347 e. The third-order valence-corrected chi connectivity index (χ3v) is 4.92. The molecule has 2 N–H and O–H groups in total. The van der Waals surface area contributed by atoms with E-state index in [1.165, 1.54) is 29.8 Å². The lowest BCUT2D eigenvalue weighted by atomic mass is 10.1.